The zero-order valence-corrected chi connectivity index (χ0v) is 15.2. The highest BCUT2D eigenvalue weighted by molar-refractivity contribution is 7.98. The van der Waals surface area contributed by atoms with Crippen molar-refractivity contribution in [2.24, 2.45) is 0 Å². The lowest BCUT2D eigenvalue weighted by molar-refractivity contribution is -0.137. The number of carbonyl (C=O) groups excluding carboxylic acids is 1. The van der Waals surface area contributed by atoms with E-state index < -0.39 is 11.7 Å². The van der Waals surface area contributed by atoms with Crippen molar-refractivity contribution in [2.75, 3.05) is 0 Å². The maximum atomic E-state index is 12.8. The Hall–Kier alpha value is -1.99. The van der Waals surface area contributed by atoms with Crippen LogP contribution in [0.25, 0.3) is 0 Å². The molecule has 0 N–H and O–H groups in total. The Bertz CT molecular complexity index is 823. The molecule has 3 aromatic rings. The number of ketones is 1. The van der Waals surface area contributed by atoms with Gasteiger partial charge in [-0.25, -0.2) is 0 Å². The van der Waals surface area contributed by atoms with Crippen LogP contribution >= 0.6 is 23.1 Å². The summed E-state index contributed by atoms with van der Waals surface area (Å²) >= 11 is 2.84. The minimum absolute atomic E-state index is 0.0168. The number of thiophene rings is 1. The van der Waals surface area contributed by atoms with E-state index in [-0.39, 0.29) is 17.5 Å². The normalized spacial score (nSPS) is 12.9. The van der Waals surface area contributed by atoms with Crippen molar-refractivity contribution in [1.29, 1.82) is 0 Å². The molecule has 26 heavy (non-hydrogen) atoms. The topological polar surface area (TPSA) is 30.2 Å². The smallest absolute Gasteiger partial charge is 0.416 e. The third kappa shape index (κ3) is 4.80. The summed E-state index contributed by atoms with van der Waals surface area (Å²) in [5.74, 6) is 1.28. The Kier molecular flexibility index (Phi) is 5.88. The van der Waals surface area contributed by atoms with Gasteiger partial charge in [0.05, 0.1) is 22.5 Å². The SMILES string of the molecule is O=C(CC(SCc1ccco1)c1ccc(C(F)(F)F)cc1)c1cccs1. The number of benzene rings is 1. The van der Waals surface area contributed by atoms with Crippen molar-refractivity contribution >= 4 is 28.9 Å². The van der Waals surface area contributed by atoms with Crippen LogP contribution in [0.4, 0.5) is 13.2 Å². The molecule has 0 saturated heterocycles. The molecule has 0 saturated carbocycles. The van der Waals surface area contributed by atoms with Gasteiger partial charge in [0.1, 0.15) is 5.76 Å². The summed E-state index contributed by atoms with van der Waals surface area (Å²) in [5, 5.41) is 1.58. The van der Waals surface area contributed by atoms with Gasteiger partial charge < -0.3 is 4.42 Å². The molecule has 1 aromatic carbocycles. The number of Topliss-reactive ketones (excluding diaryl/α,β-unsaturated/α-hetero) is 1. The van der Waals surface area contributed by atoms with Crippen LogP contribution in [0, 0.1) is 0 Å². The fourth-order valence-electron chi connectivity index (χ4n) is 2.44. The van der Waals surface area contributed by atoms with Crippen molar-refractivity contribution in [3.05, 3.63) is 81.9 Å². The van der Waals surface area contributed by atoms with Crippen molar-refractivity contribution in [2.45, 2.75) is 23.6 Å². The van der Waals surface area contributed by atoms with Gasteiger partial charge >= 0.3 is 6.18 Å². The first-order valence-corrected chi connectivity index (χ1v) is 9.74. The van der Waals surface area contributed by atoms with E-state index in [2.05, 4.69) is 0 Å². The second-order valence-corrected chi connectivity index (χ2v) is 7.74. The van der Waals surface area contributed by atoms with Crippen LogP contribution in [0.15, 0.2) is 64.6 Å². The van der Waals surface area contributed by atoms with Crippen molar-refractivity contribution in [3.63, 3.8) is 0 Å². The number of hydrogen-bond donors (Lipinski definition) is 0. The Morgan fingerprint density at radius 2 is 1.88 bits per heavy atom. The zero-order valence-electron chi connectivity index (χ0n) is 13.5. The molecule has 2 aromatic heterocycles. The van der Waals surface area contributed by atoms with E-state index >= 15 is 0 Å². The predicted molar refractivity (Wildman–Crippen MR) is 97.5 cm³/mol. The summed E-state index contributed by atoms with van der Waals surface area (Å²) in [6.07, 6.45) is -2.58. The predicted octanol–water partition coefficient (Wildman–Crippen LogP) is 6.61. The number of thioether (sulfide) groups is 1. The minimum Gasteiger partial charge on any atom is -0.468 e. The third-order valence-corrected chi connectivity index (χ3v) is 5.99. The maximum Gasteiger partial charge on any atom is 0.416 e. The molecule has 2 nitrogen and oxygen atoms in total. The molecule has 0 radical (unpaired) electrons. The number of carbonyl (C=O) groups is 1. The number of halogens is 3. The fraction of sp³-hybridized carbons (Fsp3) is 0.211. The van der Waals surface area contributed by atoms with E-state index in [1.54, 1.807) is 24.5 Å². The quantitative estimate of drug-likeness (QED) is 0.421. The largest absolute Gasteiger partial charge is 0.468 e. The van der Waals surface area contributed by atoms with Gasteiger partial charge in [-0.2, -0.15) is 13.2 Å². The van der Waals surface area contributed by atoms with E-state index in [0.717, 1.165) is 17.9 Å². The number of rotatable bonds is 7. The fourth-order valence-corrected chi connectivity index (χ4v) is 4.27. The summed E-state index contributed by atoms with van der Waals surface area (Å²) in [6.45, 7) is 0. The summed E-state index contributed by atoms with van der Waals surface area (Å²) in [4.78, 5) is 13.1. The van der Waals surface area contributed by atoms with Gasteiger partial charge in [-0.1, -0.05) is 18.2 Å². The van der Waals surface area contributed by atoms with Crippen molar-refractivity contribution in [3.8, 4) is 0 Å². The number of alkyl halides is 3. The average molecular weight is 396 g/mol. The van der Waals surface area contributed by atoms with Gasteiger partial charge in [0.15, 0.2) is 5.78 Å². The molecule has 0 aliphatic rings. The van der Waals surface area contributed by atoms with Crippen LogP contribution in [0.1, 0.15) is 38.2 Å². The van der Waals surface area contributed by atoms with Crippen LogP contribution < -0.4 is 0 Å². The second kappa shape index (κ2) is 8.14. The molecule has 0 bridgehead atoms. The number of hydrogen-bond acceptors (Lipinski definition) is 4. The first-order valence-electron chi connectivity index (χ1n) is 7.81. The highest BCUT2D eigenvalue weighted by atomic mass is 32.2. The Morgan fingerprint density at radius 1 is 1.12 bits per heavy atom. The highest BCUT2D eigenvalue weighted by Gasteiger charge is 2.30. The first-order chi connectivity index (χ1) is 12.4. The Morgan fingerprint density at radius 3 is 2.46 bits per heavy atom. The summed E-state index contributed by atoms with van der Waals surface area (Å²) in [5.41, 5.74) is 0.0000742. The van der Waals surface area contributed by atoms with E-state index in [4.69, 9.17) is 4.42 Å². The van der Waals surface area contributed by atoms with Crippen molar-refractivity contribution in [1.82, 2.24) is 0 Å². The molecule has 0 spiro atoms. The van der Waals surface area contributed by atoms with E-state index in [0.29, 0.717) is 16.2 Å². The van der Waals surface area contributed by atoms with Crippen LogP contribution in [-0.2, 0) is 11.9 Å². The first kappa shape index (κ1) is 18.8. The van der Waals surface area contributed by atoms with Gasteiger partial charge in [0.25, 0.3) is 0 Å². The van der Waals surface area contributed by atoms with Crippen LogP contribution in [-0.4, -0.2) is 5.78 Å². The molecule has 136 valence electrons. The zero-order chi connectivity index (χ0) is 18.6. The molecule has 0 aliphatic carbocycles. The molecule has 2 heterocycles. The lowest BCUT2D eigenvalue weighted by atomic mass is 10.0. The highest BCUT2D eigenvalue weighted by Crippen LogP contribution is 2.37. The second-order valence-electron chi connectivity index (χ2n) is 5.60. The molecule has 1 atom stereocenters. The van der Waals surface area contributed by atoms with Crippen LogP contribution in [0.2, 0.25) is 0 Å². The molecular weight excluding hydrogens is 381 g/mol. The number of furan rings is 1. The van der Waals surface area contributed by atoms with Crippen LogP contribution in [0.3, 0.4) is 0 Å². The summed E-state index contributed by atoms with van der Waals surface area (Å²) in [7, 11) is 0. The van der Waals surface area contributed by atoms with E-state index in [9.17, 15) is 18.0 Å². The van der Waals surface area contributed by atoms with Gasteiger partial charge in [0.2, 0.25) is 0 Å². The van der Waals surface area contributed by atoms with Gasteiger partial charge in [-0.15, -0.1) is 23.1 Å². The summed E-state index contributed by atoms with van der Waals surface area (Å²) in [6, 6.07) is 12.2. The average Bonchev–Trinajstić information content (AvgIpc) is 3.31. The Balaban J connectivity index is 1.78. The summed E-state index contributed by atoms with van der Waals surface area (Å²) < 4.78 is 43.6. The van der Waals surface area contributed by atoms with Gasteiger partial charge in [-0.05, 0) is 41.3 Å². The molecule has 7 heteroatoms. The molecule has 1 unspecified atom stereocenters. The molecular formula is C19H15F3O2S2. The lowest BCUT2D eigenvalue weighted by Crippen LogP contribution is -2.07. The monoisotopic (exact) mass is 396 g/mol. The minimum atomic E-state index is -4.37. The van der Waals surface area contributed by atoms with E-state index in [1.807, 2.05) is 11.4 Å². The van der Waals surface area contributed by atoms with E-state index in [1.165, 1.54) is 35.2 Å². The molecule has 0 aliphatic heterocycles. The molecule has 0 fully saturated rings. The standard InChI is InChI=1S/C19H15F3O2S2/c20-19(21,22)14-7-5-13(6-8-14)18(26-12-15-3-1-9-24-15)11-16(23)17-4-2-10-25-17/h1-10,18H,11-12H2. The van der Waals surface area contributed by atoms with Gasteiger partial charge in [0, 0.05) is 11.7 Å². The lowest BCUT2D eigenvalue weighted by Gasteiger charge is -2.17. The maximum absolute atomic E-state index is 12.8. The van der Waals surface area contributed by atoms with Crippen molar-refractivity contribution < 1.29 is 22.4 Å². The molecule has 3 rings (SSSR count). The molecule has 0 amide bonds. The van der Waals surface area contributed by atoms with Gasteiger partial charge in [-0.3, -0.25) is 4.79 Å². The Labute approximate surface area is 157 Å². The third-order valence-electron chi connectivity index (χ3n) is 3.78. The van der Waals surface area contributed by atoms with Crippen LogP contribution in [0.5, 0.6) is 0 Å².